The van der Waals surface area contributed by atoms with Gasteiger partial charge in [0.1, 0.15) is 43.8 Å². The lowest BCUT2D eigenvalue weighted by atomic mass is 9.81. The topological polar surface area (TPSA) is 412 Å². The maximum absolute atomic E-state index is 14.3. The van der Waals surface area contributed by atoms with E-state index in [0.717, 1.165) is 29.4 Å². The van der Waals surface area contributed by atoms with Crippen LogP contribution in [0.5, 0.6) is 0 Å². The summed E-state index contributed by atoms with van der Waals surface area (Å²) in [4.78, 5) is 129. The van der Waals surface area contributed by atoms with Gasteiger partial charge in [0.25, 0.3) is 17.4 Å². The average molecular weight is 1540 g/mol. The Balaban J connectivity index is 0.540. The van der Waals surface area contributed by atoms with E-state index >= 15 is 0 Å². The van der Waals surface area contributed by atoms with Crippen LogP contribution in [0.2, 0.25) is 0 Å². The monoisotopic (exact) mass is 1530 g/mol. The number of carbonyl (C=O) groups is 8. The number of anilines is 1. The molecule has 34 nitrogen and oxygen atoms in total. The second-order valence-corrected chi connectivity index (χ2v) is 27.4. The van der Waals surface area contributed by atoms with Gasteiger partial charge in [-0.3, -0.25) is 38.5 Å². The van der Waals surface area contributed by atoms with Crippen LogP contribution in [0.1, 0.15) is 113 Å². The van der Waals surface area contributed by atoms with Crippen LogP contribution in [-0.2, 0) is 134 Å². The Kier molecular flexibility index (Phi) is 33.6. The molecule has 1 fully saturated rings. The number of hydrogen-bond donors (Lipinski definition) is 5. The SMILES string of the molecule is CC[C@@]1(OC(=O)OCc2ccc(NC(=O)[C@H](CCCCN)NC(=O)COCC(=O)NCCOCCOCCOCCOCCOCCOCCOCCOCCn3cc(CNC(=O)C4CCC(CN5C(=O)C=CC5=O)CC4)nn3)cc2)C(=O)OCc2c1cc1n(c2=O)Cc2c-1nc1ccccc1c2/C=N/OC(C)(C)C. The largest absolute Gasteiger partial charge is 0.510 e. The standard InChI is InChI=1S/C76H102N12O22/c1-5-76(61-42-64-69-59(47-87(64)72(95)60(61)49-107-73(76)96)58(44-80-110-75(2,3)4)57-10-6-7-11-62(57)83-69)109-74(97)108-48-53-15-19-55(20-16-53)81-71(94)63(12-8-9-23-77)82-66(90)51-106-50-65(89)78-24-26-98-28-30-100-32-34-102-36-38-104-40-41-105-39-37-103-35-33-101-31-29-99-27-25-86-46-56(84-85-86)43-79-70(93)54-17-13-52(14-18-54)45-88-67(91)21-22-68(88)92/h6-7,10-11,15-16,19-22,42,44,46,52,54,63H,5,8-9,12-14,17-18,23-41,43,45,47-51,77H2,1-4H3,(H,78,89)(H,79,93)(H,81,94)(H,82,90)/b80-44+/t52?,54?,63-,76-/m0/s1. The fourth-order valence-corrected chi connectivity index (χ4v) is 12.5. The number of oxime groups is 1. The van der Waals surface area contributed by atoms with Crippen LogP contribution in [0.25, 0.3) is 22.3 Å². The first-order valence-corrected chi connectivity index (χ1v) is 37.3. The summed E-state index contributed by atoms with van der Waals surface area (Å²) in [7, 11) is 0. The Morgan fingerprint density at radius 2 is 1.35 bits per heavy atom. The zero-order chi connectivity index (χ0) is 78.1. The zero-order valence-corrected chi connectivity index (χ0v) is 63.0. The van der Waals surface area contributed by atoms with E-state index in [-0.39, 0.29) is 93.0 Å². The molecule has 0 radical (unpaired) electrons. The van der Waals surface area contributed by atoms with E-state index in [0.29, 0.717) is 178 Å². The van der Waals surface area contributed by atoms with Gasteiger partial charge in [-0.1, -0.05) is 47.6 Å². The van der Waals surface area contributed by atoms with Crippen LogP contribution in [0.15, 0.2) is 82.9 Å². The molecule has 6 amide bonds. The average Bonchev–Trinajstić information content (AvgIpc) is 1.51. The van der Waals surface area contributed by atoms with Crippen molar-refractivity contribution in [2.24, 2.45) is 22.7 Å². The van der Waals surface area contributed by atoms with E-state index in [1.807, 2.05) is 45.0 Å². The molecule has 9 rings (SSSR count). The fraction of sp³-hybridized carbons (Fsp3) is 0.566. The molecule has 0 spiro atoms. The van der Waals surface area contributed by atoms with Crippen molar-refractivity contribution >= 4 is 70.4 Å². The summed E-state index contributed by atoms with van der Waals surface area (Å²) >= 11 is 0. The first-order chi connectivity index (χ1) is 53.3. The predicted octanol–water partition coefficient (Wildman–Crippen LogP) is 4.05. The minimum Gasteiger partial charge on any atom is -0.457 e. The van der Waals surface area contributed by atoms with E-state index in [4.69, 9.17) is 72.4 Å². The molecular weight excluding hydrogens is 1430 g/mol. The predicted molar refractivity (Wildman–Crippen MR) is 395 cm³/mol. The molecule has 3 aliphatic heterocycles. The van der Waals surface area contributed by atoms with Crippen LogP contribution in [0.4, 0.5) is 10.5 Å². The normalized spacial score (nSPS) is 16.9. The molecule has 2 aromatic carbocycles. The minimum absolute atomic E-state index is 0.0281. The number of cyclic esters (lactones) is 1. The van der Waals surface area contributed by atoms with E-state index in [9.17, 15) is 43.2 Å². The molecule has 0 unspecified atom stereocenters. The summed E-state index contributed by atoms with van der Waals surface area (Å²) in [6.07, 6.45) is 9.09. The number of pyridine rings is 2. The van der Waals surface area contributed by atoms with E-state index < -0.39 is 65.9 Å². The maximum Gasteiger partial charge on any atom is 0.510 e. The highest BCUT2D eigenvalue weighted by molar-refractivity contribution is 6.13. The van der Waals surface area contributed by atoms with Gasteiger partial charge in [-0.2, -0.15) is 0 Å². The summed E-state index contributed by atoms with van der Waals surface area (Å²) in [5.74, 6) is -2.93. The molecular formula is C76H102N12O22. The number of unbranched alkanes of at least 4 members (excludes halogenated alkanes) is 1. The van der Waals surface area contributed by atoms with Gasteiger partial charge < -0.3 is 93.2 Å². The van der Waals surface area contributed by atoms with Crippen molar-refractivity contribution in [1.29, 1.82) is 0 Å². The quantitative estimate of drug-likeness (QED) is 0.0118. The van der Waals surface area contributed by atoms with Crippen molar-refractivity contribution < 1.29 is 100 Å². The lowest BCUT2D eigenvalue weighted by molar-refractivity contribution is -0.175. The summed E-state index contributed by atoms with van der Waals surface area (Å²) < 4.78 is 69.9. The van der Waals surface area contributed by atoms with Crippen molar-refractivity contribution in [2.45, 2.75) is 129 Å². The minimum atomic E-state index is -2.03. The number of amides is 6. The lowest BCUT2D eigenvalue weighted by Crippen LogP contribution is -2.47. The third kappa shape index (κ3) is 25.8. The van der Waals surface area contributed by atoms with E-state index in [1.165, 1.54) is 17.1 Å². The molecule has 1 saturated carbocycles. The molecule has 6 heterocycles. The van der Waals surface area contributed by atoms with Gasteiger partial charge in [-0.15, -0.1) is 5.10 Å². The molecule has 6 N–H and O–H groups in total. The van der Waals surface area contributed by atoms with E-state index in [2.05, 4.69) is 36.7 Å². The number of nitrogens with two attached hydrogens (primary N) is 1. The van der Waals surface area contributed by atoms with Crippen molar-refractivity contribution in [3.63, 3.8) is 0 Å². The molecule has 3 aromatic heterocycles. The molecule has 2 atom stereocenters. The first kappa shape index (κ1) is 84.5. The third-order valence-corrected chi connectivity index (χ3v) is 18.2. The summed E-state index contributed by atoms with van der Waals surface area (Å²) in [5.41, 5.74) is 7.55. The van der Waals surface area contributed by atoms with Crippen molar-refractivity contribution in [3.05, 3.63) is 117 Å². The number of fused-ring (bicyclic) bond motifs is 5. The van der Waals surface area contributed by atoms with Crippen molar-refractivity contribution in [2.75, 3.05) is 144 Å². The number of hydrogen-bond acceptors (Lipinski definition) is 27. The number of para-hydroxylation sites is 1. The molecule has 0 bridgehead atoms. The van der Waals surface area contributed by atoms with Gasteiger partial charge in [0, 0.05) is 58.9 Å². The van der Waals surface area contributed by atoms with Crippen LogP contribution >= 0.6 is 0 Å². The fourth-order valence-electron chi connectivity index (χ4n) is 12.5. The molecule has 1 aliphatic carbocycles. The van der Waals surface area contributed by atoms with Crippen LogP contribution in [0, 0.1) is 11.8 Å². The Morgan fingerprint density at radius 3 is 1.98 bits per heavy atom. The molecule has 598 valence electrons. The number of nitrogens with zero attached hydrogens (tertiary/aromatic N) is 7. The van der Waals surface area contributed by atoms with Gasteiger partial charge in [-0.05, 0) is 114 Å². The van der Waals surface area contributed by atoms with Crippen molar-refractivity contribution in [3.8, 4) is 11.4 Å². The maximum atomic E-state index is 14.3. The Labute approximate surface area is 637 Å². The Hall–Kier alpha value is -9.49. The number of aromatic nitrogens is 5. The van der Waals surface area contributed by atoms with Gasteiger partial charge in [0.05, 0.1) is 160 Å². The zero-order valence-electron chi connectivity index (χ0n) is 63.0. The van der Waals surface area contributed by atoms with Crippen LogP contribution < -0.4 is 32.6 Å². The molecule has 0 saturated heterocycles. The third-order valence-electron chi connectivity index (χ3n) is 18.2. The smallest absolute Gasteiger partial charge is 0.457 e. The highest BCUT2D eigenvalue weighted by atomic mass is 16.7. The van der Waals surface area contributed by atoms with Gasteiger partial charge in [0.15, 0.2) is 0 Å². The van der Waals surface area contributed by atoms with Gasteiger partial charge in [0.2, 0.25) is 29.2 Å². The van der Waals surface area contributed by atoms with Crippen LogP contribution in [0.3, 0.4) is 0 Å². The summed E-state index contributed by atoms with van der Waals surface area (Å²) in [6, 6.07) is 14.6. The molecule has 5 aromatic rings. The molecule has 34 heteroatoms. The molecule has 110 heavy (non-hydrogen) atoms. The number of nitrogens with one attached hydrogen (secondary N) is 4. The Morgan fingerprint density at radius 1 is 0.736 bits per heavy atom. The van der Waals surface area contributed by atoms with Gasteiger partial charge in [-0.25, -0.2) is 19.3 Å². The molecule has 4 aliphatic rings. The second-order valence-electron chi connectivity index (χ2n) is 27.4. The first-order valence-electron chi connectivity index (χ1n) is 37.3. The van der Waals surface area contributed by atoms with Crippen LogP contribution in [-0.4, -0.2) is 233 Å². The summed E-state index contributed by atoms with van der Waals surface area (Å²) in [6.45, 7) is 13.7. The Bertz CT molecular complexity index is 3990. The number of carbonyl (C=O) groups excluding carboxylic acids is 8. The second kappa shape index (κ2) is 43.8. The number of ether oxygens (including phenoxy) is 12. The highest BCUT2D eigenvalue weighted by Gasteiger charge is 2.51. The number of imide groups is 1. The van der Waals surface area contributed by atoms with E-state index in [1.54, 1.807) is 58.9 Å². The number of rotatable bonds is 49. The number of esters is 1. The van der Waals surface area contributed by atoms with Gasteiger partial charge >= 0.3 is 12.1 Å². The van der Waals surface area contributed by atoms with Crippen molar-refractivity contribution in [1.82, 2.24) is 45.4 Å². The highest BCUT2D eigenvalue weighted by Crippen LogP contribution is 2.42. The number of benzene rings is 2. The lowest BCUT2D eigenvalue weighted by Gasteiger charge is -2.35. The summed E-state index contributed by atoms with van der Waals surface area (Å²) in [5, 5.41) is 24.4.